The lowest BCUT2D eigenvalue weighted by molar-refractivity contribution is 0.341. The molecule has 1 N–H and O–H groups in total. The van der Waals surface area contributed by atoms with E-state index in [0.717, 1.165) is 32.1 Å². The third kappa shape index (κ3) is 13.7. The van der Waals surface area contributed by atoms with Gasteiger partial charge in [0.15, 0.2) is 0 Å². The molecule has 0 aliphatic rings. The third-order valence-electron chi connectivity index (χ3n) is 3.59. The monoisotopic (exact) mass is 290 g/mol. The highest BCUT2D eigenvalue weighted by molar-refractivity contribution is 5.07. The Bertz CT molecular complexity index is 390. The molecule has 0 aliphatic carbocycles. The quantitative estimate of drug-likeness (QED) is 0.480. The average molecular weight is 290 g/mol. The fraction of sp³-hybridized carbons (Fsp3) is 0.600. The van der Waals surface area contributed by atoms with Crippen molar-refractivity contribution < 1.29 is 5.11 Å². The Morgan fingerprint density at radius 3 is 1.38 bits per heavy atom. The Kier molecular flexibility index (Phi) is 12.0. The maximum absolute atomic E-state index is 8.80. The van der Waals surface area contributed by atoms with Crippen LogP contribution in [-0.4, -0.2) is 11.7 Å². The van der Waals surface area contributed by atoms with Crippen LogP contribution in [0.2, 0.25) is 0 Å². The number of hydrogen-bond donors (Lipinski definition) is 1. The van der Waals surface area contributed by atoms with Crippen molar-refractivity contribution in [1.29, 1.82) is 0 Å². The summed E-state index contributed by atoms with van der Waals surface area (Å²) in [6, 6.07) is 0. The van der Waals surface area contributed by atoms with Gasteiger partial charge in [-0.2, -0.15) is 0 Å². The summed E-state index contributed by atoms with van der Waals surface area (Å²) in [5.41, 5.74) is 5.66. The molecule has 0 saturated heterocycles. The van der Waals surface area contributed by atoms with E-state index in [9.17, 15) is 0 Å². The second-order valence-corrected chi connectivity index (χ2v) is 6.23. The Morgan fingerprint density at radius 1 is 0.619 bits per heavy atom. The molecular weight excluding hydrogens is 256 g/mol. The van der Waals surface area contributed by atoms with Crippen LogP contribution < -0.4 is 0 Å². The van der Waals surface area contributed by atoms with Gasteiger partial charge in [-0.3, -0.25) is 0 Å². The molecule has 0 aromatic heterocycles. The number of aliphatic hydroxyl groups excluding tert-OH is 1. The molecular formula is C20H34O. The van der Waals surface area contributed by atoms with Crippen LogP contribution in [0.4, 0.5) is 0 Å². The largest absolute Gasteiger partial charge is 0.392 e. The molecule has 0 rings (SSSR count). The van der Waals surface area contributed by atoms with Crippen molar-refractivity contribution in [2.75, 3.05) is 6.61 Å². The maximum atomic E-state index is 8.80. The van der Waals surface area contributed by atoms with Crippen LogP contribution in [-0.2, 0) is 0 Å². The van der Waals surface area contributed by atoms with Crippen molar-refractivity contribution in [1.82, 2.24) is 0 Å². The van der Waals surface area contributed by atoms with Gasteiger partial charge < -0.3 is 5.11 Å². The van der Waals surface area contributed by atoms with Crippen LogP contribution in [0.25, 0.3) is 0 Å². The van der Waals surface area contributed by atoms with Crippen molar-refractivity contribution in [3.8, 4) is 0 Å². The number of hydrogen-bond acceptors (Lipinski definition) is 1. The summed E-state index contributed by atoms with van der Waals surface area (Å²) in [6.07, 6.45) is 15.7. The van der Waals surface area contributed by atoms with Gasteiger partial charge in [-0.25, -0.2) is 0 Å². The Labute approximate surface area is 132 Å². The second-order valence-electron chi connectivity index (χ2n) is 6.23. The van der Waals surface area contributed by atoms with Gasteiger partial charge in [0.2, 0.25) is 0 Å². The molecule has 21 heavy (non-hydrogen) atoms. The molecule has 0 aromatic rings. The Hall–Kier alpha value is -1.08. The molecule has 0 atom stereocenters. The molecule has 0 fully saturated rings. The van der Waals surface area contributed by atoms with E-state index in [1.54, 1.807) is 0 Å². The summed E-state index contributed by atoms with van der Waals surface area (Å²) in [4.78, 5) is 0. The SMILES string of the molecule is CC(C)=CCC/C(C)=C\CC/C(C)=C/CC/C(C)=C/CO. The molecule has 0 radical (unpaired) electrons. The predicted octanol–water partition coefficient (Wildman–Crippen LogP) is 6.12. The fourth-order valence-corrected chi connectivity index (χ4v) is 2.14. The van der Waals surface area contributed by atoms with Crippen molar-refractivity contribution in [3.63, 3.8) is 0 Å². The summed E-state index contributed by atoms with van der Waals surface area (Å²) in [5.74, 6) is 0. The first-order chi connectivity index (χ1) is 9.95. The van der Waals surface area contributed by atoms with Crippen molar-refractivity contribution in [2.24, 2.45) is 0 Å². The normalized spacial score (nSPS) is 13.5. The van der Waals surface area contributed by atoms with E-state index in [1.165, 1.54) is 28.7 Å². The lowest BCUT2D eigenvalue weighted by atomic mass is 10.0. The topological polar surface area (TPSA) is 20.2 Å². The standard InChI is InChI=1S/C20H34O/c1-17(2)9-6-10-18(3)11-7-12-19(4)13-8-14-20(5)15-16-21/h9,11,13,15,21H,6-8,10,12,14,16H2,1-5H3/b18-11-,19-13+,20-15+. The zero-order chi connectivity index (χ0) is 16.1. The second kappa shape index (κ2) is 12.6. The van der Waals surface area contributed by atoms with Crippen molar-refractivity contribution in [2.45, 2.75) is 73.1 Å². The first-order valence-electron chi connectivity index (χ1n) is 8.16. The molecule has 1 heteroatoms. The van der Waals surface area contributed by atoms with Gasteiger partial charge >= 0.3 is 0 Å². The van der Waals surface area contributed by atoms with Crippen LogP contribution in [0, 0.1) is 0 Å². The highest BCUT2D eigenvalue weighted by atomic mass is 16.2. The summed E-state index contributed by atoms with van der Waals surface area (Å²) in [7, 11) is 0. The summed E-state index contributed by atoms with van der Waals surface area (Å²) >= 11 is 0. The van der Waals surface area contributed by atoms with Gasteiger partial charge in [0.05, 0.1) is 6.61 Å². The van der Waals surface area contributed by atoms with Gasteiger partial charge in [-0.05, 0) is 73.1 Å². The summed E-state index contributed by atoms with van der Waals surface area (Å²) in [6.45, 7) is 11.0. The van der Waals surface area contributed by atoms with Gasteiger partial charge in [0.1, 0.15) is 0 Å². The van der Waals surface area contributed by atoms with Crippen LogP contribution in [0.5, 0.6) is 0 Å². The minimum Gasteiger partial charge on any atom is -0.392 e. The highest BCUT2D eigenvalue weighted by Gasteiger charge is 1.93. The molecule has 0 bridgehead atoms. The zero-order valence-electron chi connectivity index (χ0n) is 14.7. The average Bonchev–Trinajstić information content (AvgIpc) is 2.38. The van der Waals surface area contributed by atoms with E-state index in [1.807, 2.05) is 6.08 Å². The Morgan fingerprint density at radius 2 is 1.00 bits per heavy atom. The first-order valence-corrected chi connectivity index (χ1v) is 8.16. The fourth-order valence-electron chi connectivity index (χ4n) is 2.14. The van der Waals surface area contributed by atoms with Gasteiger partial charge in [-0.15, -0.1) is 0 Å². The highest BCUT2D eigenvalue weighted by Crippen LogP contribution is 2.13. The smallest absolute Gasteiger partial charge is 0.0614 e. The number of rotatable bonds is 10. The lowest BCUT2D eigenvalue weighted by Gasteiger charge is -2.02. The molecule has 0 heterocycles. The van der Waals surface area contributed by atoms with E-state index in [-0.39, 0.29) is 6.61 Å². The van der Waals surface area contributed by atoms with E-state index in [2.05, 4.69) is 52.8 Å². The first kappa shape index (κ1) is 19.9. The van der Waals surface area contributed by atoms with Crippen molar-refractivity contribution in [3.05, 3.63) is 46.6 Å². The minimum absolute atomic E-state index is 0.158. The van der Waals surface area contributed by atoms with Crippen LogP contribution in [0.3, 0.4) is 0 Å². The molecule has 120 valence electrons. The van der Waals surface area contributed by atoms with Crippen LogP contribution >= 0.6 is 0 Å². The molecule has 0 aliphatic heterocycles. The zero-order valence-corrected chi connectivity index (χ0v) is 14.7. The van der Waals surface area contributed by atoms with Crippen molar-refractivity contribution >= 4 is 0 Å². The molecule has 0 aromatic carbocycles. The third-order valence-corrected chi connectivity index (χ3v) is 3.59. The molecule has 0 amide bonds. The molecule has 0 unspecified atom stereocenters. The van der Waals surface area contributed by atoms with Crippen LogP contribution in [0.1, 0.15) is 73.1 Å². The Balaban J connectivity index is 3.93. The van der Waals surface area contributed by atoms with E-state index < -0.39 is 0 Å². The van der Waals surface area contributed by atoms with E-state index in [4.69, 9.17) is 5.11 Å². The van der Waals surface area contributed by atoms with Crippen LogP contribution in [0.15, 0.2) is 46.6 Å². The molecule has 0 saturated carbocycles. The van der Waals surface area contributed by atoms with E-state index >= 15 is 0 Å². The predicted molar refractivity (Wildman–Crippen MR) is 95.5 cm³/mol. The van der Waals surface area contributed by atoms with Gasteiger partial charge in [0, 0.05) is 0 Å². The van der Waals surface area contributed by atoms with Gasteiger partial charge in [-0.1, -0.05) is 46.6 Å². The summed E-state index contributed by atoms with van der Waals surface area (Å²) in [5, 5.41) is 8.80. The maximum Gasteiger partial charge on any atom is 0.0614 e. The molecule has 0 spiro atoms. The van der Waals surface area contributed by atoms with Gasteiger partial charge in [0.25, 0.3) is 0 Å². The number of aliphatic hydroxyl groups is 1. The minimum atomic E-state index is 0.158. The molecule has 1 nitrogen and oxygen atoms in total. The summed E-state index contributed by atoms with van der Waals surface area (Å²) < 4.78 is 0. The number of allylic oxidation sites excluding steroid dienone is 7. The lowest BCUT2D eigenvalue weighted by Crippen LogP contribution is -1.83. The van der Waals surface area contributed by atoms with E-state index in [0.29, 0.717) is 0 Å².